The Morgan fingerprint density at radius 1 is 0.660 bits per heavy atom. The summed E-state index contributed by atoms with van der Waals surface area (Å²) in [4.78, 5) is 30.9. The number of carbonyl (C=O) groups excluding carboxylic acids is 2. The van der Waals surface area contributed by atoms with Gasteiger partial charge >= 0.3 is 10.4 Å². The van der Waals surface area contributed by atoms with Gasteiger partial charge in [-0.1, -0.05) is 120 Å². The molecule has 276 valence electrons. The Balaban J connectivity index is 4.74. The first-order chi connectivity index (χ1) is 22.5. The van der Waals surface area contributed by atoms with Crippen molar-refractivity contribution in [3.63, 3.8) is 0 Å². The zero-order valence-corrected chi connectivity index (χ0v) is 30.7. The Bertz CT molecular complexity index is 945. The van der Waals surface area contributed by atoms with Gasteiger partial charge in [-0.25, -0.2) is 4.89 Å². The minimum atomic E-state index is -5.09. The lowest BCUT2D eigenvalue weighted by molar-refractivity contribution is -0.300. The number of hydrogen-bond acceptors (Lipinski definition) is 8. The van der Waals surface area contributed by atoms with Crippen LogP contribution in [-0.2, 0) is 29.2 Å². The van der Waals surface area contributed by atoms with Crippen molar-refractivity contribution in [2.45, 2.75) is 199 Å². The van der Waals surface area contributed by atoms with E-state index in [1.54, 1.807) is 0 Å². The van der Waals surface area contributed by atoms with Gasteiger partial charge in [0.05, 0.1) is 6.10 Å². The molecule has 9 nitrogen and oxygen atoms in total. The predicted molar refractivity (Wildman–Crippen MR) is 189 cm³/mol. The smallest absolute Gasteiger partial charge is 0.390 e. The van der Waals surface area contributed by atoms with Crippen LogP contribution in [0.25, 0.3) is 0 Å². The number of Topliss-reactive ketones (excluding diaryl/α,β-unsaturated/α-hetero) is 2. The summed E-state index contributed by atoms with van der Waals surface area (Å²) in [5, 5.41) is 21.7. The van der Waals surface area contributed by atoms with Crippen LogP contribution in [0, 0.1) is 0 Å². The summed E-state index contributed by atoms with van der Waals surface area (Å²) >= 11 is 0. The van der Waals surface area contributed by atoms with Crippen molar-refractivity contribution >= 4 is 22.0 Å². The van der Waals surface area contributed by atoms with E-state index in [9.17, 15) is 28.2 Å². The molecule has 0 spiro atoms. The number of hydrogen-bond donors (Lipinski definition) is 3. The summed E-state index contributed by atoms with van der Waals surface area (Å²) in [6.45, 7) is 5.60. The van der Waals surface area contributed by atoms with E-state index in [1.807, 2.05) is 0 Å². The molecule has 0 bridgehead atoms. The Kier molecular flexibility index (Phi) is 28.6. The molecule has 0 fully saturated rings. The first-order valence-electron chi connectivity index (χ1n) is 18.6. The molecule has 0 heterocycles. The van der Waals surface area contributed by atoms with Gasteiger partial charge < -0.3 is 10.2 Å². The summed E-state index contributed by atoms with van der Waals surface area (Å²) in [5.41, 5.74) is -2.51. The molecule has 0 aliphatic rings. The van der Waals surface area contributed by atoms with Crippen molar-refractivity contribution in [3.8, 4) is 0 Å². The molecule has 0 amide bonds. The molecule has 3 unspecified atom stereocenters. The fraction of sp³-hybridized carbons (Fsp3) is 0.838. The van der Waals surface area contributed by atoms with E-state index in [0.717, 1.165) is 77.0 Å². The number of aliphatic hydroxyl groups excluding tert-OH is 1. The zero-order chi connectivity index (χ0) is 35.2. The topological polar surface area (TPSA) is 147 Å². The fourth-order valence-electron chi connectivity index (χ4n) is 5.66. The van der Waals surface area contributed by atoms with Crippen LogP contribution in [0.4, 0.5) is 0 Å². The maximum Gasteiger partial charge on any atom is 0.424 e. The minimum Gasteiger partial charge on any atom is -0.390 e. The molecule has 47 heavy (non-hydrogen) atoms. The first kappa shape index (κ1) is 45.6. The van der Waals surface area contributed by atoms with Gasteiger partial charge in [-0.3, -0.25) is 14.1 Å². The molecule has 10 heteroatoms. The molecular weight excluding hydrogens is 620 g/mol. The van der Waals surface area contributed by atoms with Gasteiger partial charge in [0.1, 0.15) is 5.78 Å². The maximum atomic E-state index is 13.3. The fourth-order valence-corrected chi connectivity index (χ4v) is 5.84. The van der Waals surface area contributed by atoms with Crippen molar-refractivity contribution in [1.29, 1.82) is 0 Å². The van der Waals surface area contributed by atoms with Gasteiger partial charge in [-0.2, -0.15) is 8.42 Å². The van der Waals surface area contributed by atoms with Crippen LogP contribution in [0.3, 0.4) is 0 Å². The summed E-state index contributed by atoms with van der Waals surface area (Å²) < 4.78 is 35.2. The number of aliphatic hydroxyl groups is 2. The van der Waals surface area contributed by atoms with E-state index in [2.05, 4.69) is 47.4 Å². The number of rotatable bonds is 34. The van der Waals surface area contributed by atoms with Crippen LogP contribution in [0.1, 0.15) is 181 Å². The molecule has 0 aliphatic carbocycles. The lowest BCUT2D eigenvalue weighted by Crippen LogP contribution is -2.56. The molecular formula is C37H68O9S. The summed E-state index contributed by atoms with van der Waals surface area (Å²) in [5.74, 6) is -1.13. The number of ketones is 2. The van der Waals surface area contributed by atoms with Crippen LogP contribution in [0.15, 0.2) is 24.3 Å². The third-order valence-corrected chi connectivity index (χ3v) is 8.72. The summed E-state index contributed by atoms with van der Waals surface area (Å²) in [6.07, 6.45) is 28.0. The monoisotopic (exact) mass is 688 g/mol. The average molecular weight is 689 g/mol. The van der Waals surface area contributed by atoms with Crippen LogP contribution in [0.5, 0.6) is 0 Å². The molecule has 0 aliphatic heterocycles. The van der Waals surface area contributed by atoms with Gasteiger partial charge in [0, 0.05) is 19.3 Å². The molecule has 0 saturated heterocycles. The van der Waals surface area contributed by atoms with Crippen molar-refractivity contribution in [3.05, 3.63) is 24.3 Å². The standard InChI is InChI=1S/C37H68O9S/c1-4-6-8-10-12-14-16-18-20-22-24-26-28-30-34(39)32-37(41,36(33(3)38)45-46-47(42,43)44)35(40)31-29-27-25-23-21-19-17-15-13-11-9-7-5-2/h14-17,33,36,38,41H,4-13,18-32H2,1-3H3,(H,42,43,44)/b16-14-,17-15-. The van der Waals surface area contributed by atoms with Gasteiger partial charge in [0.2, 0.25) is 0 Å². The van der Waals surface area contributed by atoms with Crippen molar-refractivity contribution < 1.29 is 42.0 Å². The van der Waals surface area contributed by atoms with E-state index in [0.29, 0.717) is 12.8 Å². The highest BCUT2D eigenvalue weighted by molar-refractivity contribution is 7.80. The molecule has 0 radical (unpaired) electrons. The first-order valence-corrected chi connectivity index (χ1v) is 19.9. The Morgan fingerprint density at radius 2 is 1.04 bits per heavy atom. The van der Waals surface area contributed by atoms with Crippen molar-refractivity contribution in [2.75, 3.05) is 0 Å². The quantitative estimate of drug-likeness (QED) is 0.0198. The van der Waals surface area contributed by atoms with Crippen molar-refractivity contribution in [2.24, 2.45) is 0 Å². The largest absolute Gasteiger partial charge is 0.424 e. The van der Waals surface area contributed by atoms with E-state index < -0.39 is 46.2 Å². The third kappa shape index (κ3) is 26.2. The highest BCUT2D eigenvalue weighted by Gasteiger charge is 2.49. The van der Waals surface area contributed by atoms with E-state index in [1.165, 1.54) is 58.3 Å². The number of allylic oxidation sites excluding steroid dienone is 4. The molecule has 3 atom stereocenters. The zero-order valence-electron chi connectivity index (χ0n) is 29.8. The molecule has 0 rings (SSSR count). The highest BCUT2D eigenvalue weighted by atomic mass is 32.3. The Labute approximate surface area is 286 Å². The van der Waals surface area contributed by atoms with Gasteiger partial charge in [0.25, 0.3) is 0 Å². The average Bonchev–Trinajstić information content (AvgIpc) is 3.00. The Hall–Kier alpha value is -1.43. The minimum absolute atomic E-state index is 0.0763. The van der Waals surface area contributed by atoms with Crippen LogP contribution in [-0.4, -0.2) is 52.6 Å². The second-order valence-corrected chi connectivity index (χ2v) is 14.1. The maximum absolute atomic E-state index is 13.3. The normalized spacial score (nSPS) is 14.9. The lowest BCUT2D eigenvalue weighted by atomic mass is 9.81. The van der Waals surface area contributed by atoms with Crippen LogP contribution in [0.2, 0.25) is 0 Å². The summed E-state index contributed by atoms with van der Waals surface area (Å²) in [7, 11) is -5.09. The van der Waals surface area contributed by atoms with Gasteiger partial charge in [-0.15, -0.1) is 0 Å². The second kappa shape index (κ2) is 29.5. The predicted octanol–water partition coefficient (Wildman–Crippen LogP) is 9.26. The molecule has 0 aromatic carbocycles. The summed E-state index contributed by atoms with van der Waals surface area (Å²) in [6, 6.07) is 0. The van der Waals surface area contributed by atoms with Gasteiger partial charge in [-0.05, 0) is 71.1 Å². The molecule has 3 N–H and O–H groups in total. The van der Waals surface area contributed by atoms with Crippen LogP contribution < -0.4 is 0 Å². The van der Waals surface area contributed by atoms with Crippen molar-refractivity contribution in [1.82, 2.24) is 0 Å². The van der Waals surface area contributed by atoms with E-state index >= 15 is 0 Å². The second-order valence-electron chi connectivity index (χ2n) is 13.1. The number of unbranched alkanes of at least 4 members (excludes halogenated alkanes) is 18. The third-order valence-electron chi connectivity index (χ3n) is 8.47. The van der Waals surface area contributed by atoms with E-state index in [-0.39, 0.29) is 12.8 Å². The van der Waals surface area contributed by atoms with E-state index in [4.69, 9.17) is 4.55 Å². The SMILES string of the molecule is CCCCCC/C=C\CCCCCCCC(=O)CC(O)(C(=O)CCCCCCC/C=C\CCCCCC)C(OOS(=O)(=O)O)C(C)O. The molecule has 0 saturated carbocycles. The van der Waals surface area contributed by atoms with Crippen LogP contribution >= 0.6 is 0 Å². The molecule has 0 aromatic heterocycles. The Morgan fingerprint density at radius 3 is 1.45 bits per heavy atom. The number of carbonyl (C=O) groups is 2. The lowest BCUT2D eigenvalue weighted by Gasteiger charge is -2.34. The van der Waals surface area contributed by atoms with Gasteiger partial charge in [0.15, 0.2) is 17.5 Å². The molecule has 0 aromatic rings. The highest BCUT2D eigenvalue weighted by Crippen LogP contribution is 2.28.